The van der Waals surface area contributed by atoms with E-state index in [0.29, 0.717) is 11.8 Å². The first-order chi connectivity index (χ1) is 24.2. The van der Waals surface area contributed by atoms with Gasteiger partial charge in [-0.15, -0.1) is 0 Å². The molecule has 50 heavy (non-hydrogen) atoms. The molecule has 0 amide bonds. The Kier molecular flexibility index (Phi) is 6.65. The van der Waals surface area contributed by atoms with Crippen LogP contribution in [0.15, 0.2) is 115 Å². The van der Waals surface area contributed by atoms with Crippen molar-refractivity contribution in [2.75, 3.05) is 11.9 Å². The van der Waals surface area contributed by atoms with E-state index in [9.17, 15) is 0 Å². The van der Waals surface area contributed by atoms with Gasteiger partial charge in [-0.2, -0.15) is 4.57 Å². The number of imidazole rings is 1. The Balaban J connectivity index is 1.43. The van der Waals surface area contributed by atoms with Crippen LogP contribution in [0.2, 0.25) is 0 Å². The van der Waals surface area contributed by atoms with E-state index in [0.717, 1.165) is 51.6 Å². The molecule has 0 spiro atoms. The van der Waals surface area contributed by atoms with Crippen molar-refractivity contribution in [1.29, 1.82) is 0 Å². The Morgan fingerprint density at radius 3 is 2.22 bits per heavy atom. The molecule has 0 N–H and O–H groups in total. The second-order valence-corrected chi connectivity index (χ2v) is 15.2. The maximum atomic E-state index is 6.81. The predicted molar refractivity (Wildman–Crippen MR) is 206 cm³/mol. The van der Waals surface area contributed by atoms with Crippen molar-refractivity contribution in [1.82, 2.24) is 9.47 Å². The summed E-state index contributed by atoms with van der Waals surface area (Å²) in [5.74, 6) is 1.98. The van der Waals surface area contributed by atoms with Gasteiger partial charge in [0.15, 0.2) is 17.3 Å². The summed E-state index contributed by atoms with van der Waals surface area (Å²) in [6.07, 6.45) is 11.0. The minimum absolute atomic E-state index is 0.0536. The van der Waals surface area contributed by atoms with E-state index in [2.05, 4.69) is 171 Å². The number of hydrogen-bond acceptors (Lipinski definition) is 3. The maximum Gasteiger partial charge on any atom is 0.295 e. The summed E-state index contributed by atoms with van der Waals surface area (Å²) in [5, 5.41) is 2.28. The lowest BCUT2D eigenvalue weighted by Gasteiger charge is -2.55. The molecule has 5 heterocycles. The molecule has 0 fully saturated rings. The molecule has 5 heteroatoms. The SMILES string of the molecule is C=C1c2ccc3c(oc4ccccc43)c2N2C=CN(C)C2C2(CC)[n+]3ccn(-c4c(C(C)C)cccc4C(C)C)c3-c3ccccc3C12CC. The fourth-order valence-corrected chi connectivity index (χ4v) is 10.4. The van der Waals surface area contributed by atoms with Crippen molar-refractivity contribution >= 4 is 33.2 Å². The molecule has 9 rings (SSSR count). The number of benzene rings is 4. The highest BCUT2D eigenvalue weighted by atomic mass is 16.3. The summed E-state index contributed by atoms with van der Waals surface area (Å²) in [7, 11) is 2.24. The van der Waals surface area contributed by atoms with Gasteiger partial charge in [0.2, 0.25) is 0 Å². The van der Waals surface area contributed by atoms with Crippen LogP contribution in [0.25, 0.3) is 44.6 Å². The largest absolute Gasteiger partial charge is 0.454 e. The molecule has 0 saturated carbocycles. The van der Waals surface area contributed by atoms with Crippen LogP contribution in [0.5, 0.6) is 0 Å². The third-order valence-corrected chi connectivity index (χ3v) is 12.4. The number of rotatable bonds is 5. The van der Waals surface area contributed by atoms with Crippen LogP contribution < -0.4 is 9.47 Å². The Labute approximate surface area is 295 Å². The quantitative estimate of drug-likeness (QED) is 0.172. The molecule has 0 aliphatic carbocycles. The number of hydrogen-bond donors (Lipinski definition) is 0. The number of furan rings is 1. The first kappa shape index (κ1) is 31.0. The van der Waals surface area contributed by atoms with E-state index < -0.39 is 11.0 Å². The number of allylic oxidation sites excluding steroid dienone is 1. The van der Waals surface area contributed by atoms with Crippen LogP contribution in [0.3, 0.4) is 0 Å². The Morgan fingerprint density at radius 1 is 0.780 bits per heavy atom. The number of anilines is 1. The average Bonchev–Trinajstić information content (AvgIpc) is 3.84. The smallest absolute Gasteiger partial charge is 0.295 e. The minimum Gasteiger partial charge on any atom is -0.454 e. The van der Waals surface area contributed by atoms with Crippen molar-refractivity contribution in [2.45, 2.75) is 83.3 Å². The lowest BCUT2D eigenvalue weighted by molar-refractivity contribution is -0.771. The Bertz CT molecular complexity index is 2360. The highest BCUT2D eigenvalue weighted by Gasteiger charge is 2.69. The molecular weight excluding hydrogens is 613 g/mol. The molecular formula is C45H47N4O+. The molecule has 0 bridgehead atoms. The van der Waals surface area contributed by atoms with Crippen molar-refractivity contribution < 1.29 is 8.98 Å². The average molecular weight is 660 g/mol. The van der Waals surface area contributed by atoms with Crippen LogP contribution in [0.1, 0.15) is 88.5 Å². The van der Waals surface area contributed by atoms with E-state index >= 15 is 0 Å². The fraction of sp³-hybridized carbons (Fsp3) is 0.311. The van der Waals surface area contributed by atoms with E-state index in [1.54, 1.807) is 0 Å². The zero-order valence-electron chi connectivity index (χ0n) is 30.4. The molecule has 252 valence electrons. The highest BCUT2D eigenvalue weighted by molar-refractivity contribution is 6.12. The van der Waals surface area contributed by atoms with Crippen LogP contribution in [-0.2, 0) is 11.0 Å². The van der Waals surface area contributed by atoms with E-state index in [1.165, 1.54) is 33.8 Å². The number of aromatic nitrogens is 2. The number of para-hydroxylation sites is 2. The molecule has 0 saturated heterocycles. The normalized spacial score (nSPS) is 22.3. The van der Waals surface area contributed by atoms with Crippen molar-refractivity contribution in [3.8, 4) is 17.1 Å². The summed E-state index contributed by atoms with van der Waals surface area (Å²) < 4.78 is 12.0. The lowest BCUT2D eigenvalue weighted by atomic mass is 9.54. The van der Waals surface area contributed by atoms with E-state index in [4.69, 9.17) is 11.0 Å². The number of fused-ring (bicyclic) bond motifs is 14. The summed E-state index contributed by atoms with van der Waals surface area (Å²) in [4.78, 5) is 4.94. The van der Waals surface area contributed by atoms with Gasteiger partial charge in [0.05, 0.1) is 16.7 Å². The predicted octanol–water partition coefficient (Wildman–Crippen LogP) is 10.6. The third kappa shape index (κ3) is 3.60. The van der Waals surface area contributed by atoms with Crippen molar-refractivity contribution in [3.63, 3.8) is 0 Å². The second kappa shape index (κ2) is 10.7. The van der Waals surface area contributed by atoms with Crippen LogP contribution >= 0.6 is 0 Å². The number of nitrogens with zero attached hydrogens (tertiary/aromatic N) is 4. The highest BCUT2D eigenvalue weighted by Crippen LogP contribution is 2.63. The van der Waals surface area contributed by atoms with Crippen molar-refractivity contribution in [2.24, 2.45) is 0 Å². The first-order valence-corrected chi connectivity index (χ1v) is 18.4. The molecule has 5 nitrogen and oxygen atoms in total. The second-order valence-electron chi connectivity index (χ2n) is 15.2. The zero-order chi connectivity index (χ0) is 34.7. The van der Waals surface area contributed by atoms with Gasteiger partial charge in [-0.25, -0.2) is 4.57 Å². The summed E-state index contributed by atoms with van der Waals surface area (Å²) in [6, 6.07) is 29.0. The van der Waals surface area contributed by atoms with Gasteiger partial charge >= 0.3 is 0 Å². The van der Waals surface area contributed by atoms with E-state index in [-0.39, 0.29) is 6.17 Å². The molecule has 4 aromatic carbocycles. The Hall–Kier alpha value is -5.03. The maximum absolute atomic E-state index is 6.81. The summed E-state index contributed by atoms with van der Waals surface area (Å²) >= 11 is 0. The topological polar surface area (TPSA) is 28.4 Å². The van der Waals surface area contributed by atoms with Crippen LogP contribution in [0.4, 0.5) is 5.69 Å². The van der Waals surface area contributed by atoms with Crippen LogP contribution in [0, 0.1) is 0 Å². The molecule has 0 radical (unpaired) electrons. The molecule has 2 aromatic heterocycles. The van der Waals surface area contributed by atoms with Gasteiger partial charge < -0.3 is 14.2 Å². The standard InChI is InChI=1S/C45H47N4O/c1-9-44-30(7)33-22-23-35-34-16-12-14-21-38(34)50-41(35)40(33)48-25-24-46(8)43(48)45(44,10-2)49-27-26-47(42(49)36-17-11-13-20-37(36)44)39-31(28(3)4)18-15-19-32(39)29(5)6/h11-29,43H,7,9-10H2,1-6,8H3/q+1. The number of likely N-dealkylation sites (N-methyl/N-ethyl adjacent to an activating group) is 1. The monoisotopic (exact) mass is 659 g/mol. The van der Waals surface area contributed by atoms with Crippen molar-refractivity contribution in [3.05, 3.63) is 132 Å². The summed E-state index contributed by atoms with van der Waals surface area (Å²) in [5.41, 5.74) is 11.0. The molecule has 6 aromatic rings. The first-order valence-electron chi connectivity index (χ1n) is 18.4. The molecule has 3 aliphatic heterocycles. The van der Waals surface area contributed by atoms with Gasteiger partial charge in [0.25, 0.3) is 5.82 Å². The van der Waals surface area contributed by atoms with Crippen LogP contribution in [-0.4, -0.2) is 22.7 Å². The van der Waals surface area contributed by atoms with Gasteiger partial charge in [-0.05, 0) is 54.0 Å². The molecule has 3 aliphatic rings. The van der Waals surface area contributed by atoms with Gasteiger partial charge in [0.1, 0.15) is 23.7 Å². The minimum atomic E-state index is -0.450. The fourth-order valence-electron chi connectivity index (χ4n) is 10.4. The Morgan fingerprint density at radius 2 is 1.50 bits per heavy atom. The zero-order valence-corrected chi connectivity index (χ0v) is 30.4. The lowest BCUT2D eigenvalue weighted by Crippen LogP contribution is -2.77. The van der Waals surface area contributed by atoms with Gasteiger partial charge in [-0.1, -0.05) is 109 Å². The van der Waals surface area contributed by atoms with E-state index in [1.807, 2.05) is 0 Å². The molecule has 3 unspecified atom stereocenters. The van der Waals surface area contributed by atoms with Gasteiger partial charge in [0, 0.05) is 46.9 Å². The molecule has 3 atom stereocenters. The summed E-state index contributed by atoms with van der Waals surface area (Å²) in [6.45, 7) is 19.2. The third-order valence-electron chi connectivity index (χ3n) is 12.4. The van der Waals surface area contributed by atoms with Gasteiger partial charge in [-0.3, -0.25) is 0 Å².